The third-order valence-electron chi connectivity index (χ3n) is 2.62. The van der Waals surface area contributed by atoms with E-state index in [2.05, 4.69) is 32.8 Å². The lowest BCUT2D eigenvalue weighted by Crippen LogP contribution is -1.81. The third-order valence-corrected chi connectivity index (χ3v) is 3.81. The van der Waals surface area contributed by atoms with E-state index in [1.807, 2.05) is 36.4 Å². The second-order valence-corrected chi connectivity index (χ2v) is 5.50. The van der Waals surface area contributed by atoms with Crippen LogP contribution in [0.5, 0.6) is 0 Å². The van der Waals surface area contributed by atoms with Gasteiger partial charge in [-0.1, -0.05) is 23.7 Å². The van der Waals surface area contributed by atoms with Gasteiger partial charge in [-0.15, -0.1) is 10.2 Å². The lowest BCUT2D eigenvalue weighted by Gasteiger charge is -1.97. The molecule has 0 aliphatic rings. The molecule has 0 unspecified atom stereocenters. The molecule has 1 heterocycles. The smallest absolute Gasteiger partial charge is 0.249 e. The van der Waals surface area contributed by atoms with Crippen molar-refractivity contribution in [2.24, 2.45) is 0 Å². The Morgan fingerprint density at radius 2 is 1.58 bits per heavy atom. The van der Waals surface area contributed by atoms with Crippen molar-refractivity contribution in [3.8, 4) is 22.9 Å². The maximum Gasteiger partial charge on any atom is 0.249 e. The van der Waals surface area contributed by atoms with Crippen LogP contribution in [-0.4, -0.2) is 10.2 Å². The lowest BCUT2D eigenvalue weighted by molar-refractivity contribution is 0.584. The molecule has 94 valence electrons. The van der Waals surface area contributed by atoms with Gasteiger partial charge in [-0.3, -0.25) is 0 Å². The number of aromatic nitrogens is 2. The highest BCUT2D eigenvalue weighted by Gasteiger charge is 2.12. The monoisotopic (exact) mass is 382 g/mol. The Bertz CT molecular complexity index is 709. The van der Waals surface area contributed by atoms with Crippen LogP contribution in [0.3, 0.4) is 0 Å². The van der Waals surface area contributed by atoms with Gasteiger partial charge in [0.1, 0.15) is 0 Å². The summed E-state index contributed by atoms with van der Waals surface area (Å²) in [6.45, 7) is 0. The Morgan fingerprint density at radius 1 is 0.895 bits per heavy atom. The summed E-state index contributed by atoms with van der Waals surface area (Å²) in [5.74, 6) is 1.02. The molecule has 0 N–H and O–H groups in total. The Balaban J connectivity index is 2.00. The van der Waals surface area contributed by atoms with Gasteiger partial charge in [-0.05, 0) is 59.0 Å². The van der Waals surface area contributed by atoms with Gasteiger partial charge < -0.3 is 4.42 Å². The molecule has 3 nitrogen and oxygen atoms in total. The van der Waals surface area contributed by atoms with Crippen molar-refractivity contribution in [3.63, 3.8) is 0 Å². The largest absolute Gasteiger partial charge is 0.416 e. The fraction of sp³-hybridized carbons (Fsp3) is 0. The first-order valence-corrected chi connectivity index (χ1v) is 7.04. The van der Waals surface area contributed by atoms with Crippen LogP contribution >= 0.6 is 34.2 Å². The van der Waals surface area contributed by atoms with Crippen molar-refractivity contribution in [2.75, 3.05) is 0 Å². The predicted molar refractivity (Wildman–Crippen MR) is 82.9 cm³/mol. The molecule has 3 rings (SSSR count). The number of hydrogen-bond donors (Lipinski definition) is 0. The summed E-state index contributed by atoms with van der Waals surface area (Å²) >= 11 is 8.10. The van der Waals surface area contributed by atoms with Crippen LogP contribution in [0, 0.1) is 3.57 Å². The third kappa shape index (κ3) is 2.64. The number of hydrogen-bond acceptors (Lipinski definition) is 3. The van der Waals surface area contributed by atoms with Crippen LogP contribution in [0.25, 0.3) is 22.9 Å². The first-order valence-electron chi connectivity index (χ1n) is 5.58. The van der Waals surface area contributed by atoms with Crippen LogP contribution in [-0.2, 0) is 0 Å². The minimum absolute atomic E-state index is 0.492. The van der Waals surface area contributed by atoms with Crippen molar-refractivity contribution < 1.29 is 4.42 Å². The fourth-order valence-corrected chi connectivity index (χ4v) is 2.42. The molecule has 0 fully saturated rings. The van der Waals surface area contributed by atoms with E-state index in [0.29, 0.717) is 16.8 Å². The zero-order chi connectivity index (χ0) is 13.2. The standard InChI is InChI=1S/C14H8ClIN2O/c15-10-7-5-9(6-8-10)13-17-18-14(19-13)11-3-1-2-4-12(11)16/h1-8H. The first kappa shape index (κ1) is 12.6. The minimum Gasteiger partial charge on any atom is -0.416 e. The maximum atomic E-state index is 5.85. The molecular weight excluding hydrogens is 375 g/mol. The van der Waals surface area contributed by atoms with E-state index in [-0.39, 0.29) is 0 Å². The average Bonchev–Trinajstić information content (AvgIpc) is 2.89. The van der Waals surface area contributed by atoms with Crippen molar-refractivity contribution in [1.29, 1.82) is 0 Å². The summed E-state index contributed by atoms with van der Waals surface area (Å²) in [5, 5.41) is 8.84. The SMILES string of the molecule is Clc1ccc(-c2nnc(-c3ccccc3I)o2)cc1. The zero-order valence-electron chi connectivity index (χ0n) is 9.68. The van der Waals surface area contributed by atoms with Crippen LogP contribution in [0.15, 0.2) is 52.9 Å². The number of rotatable bonds is 2. The second kappa shape index (κ2) is 5.30. The van der Waals surface area contributed by atoms with E-state index < -0.39 is 0 Å². The summed E-state index contributed by atoms with van der Waals surface area (Å²) in [7, 11) is 0. The number of halogens is 2. The zero-order valence-corrected chi connectivity index (χ0v) is 12.6. The van der Waals surface area contributed by atoms with E-state index in [0.717, 1.165) is 14.7 Å². The molecular formula is C14H8ClIN2O. The molecule has 0 aliphatic heterocycles. The van der Waals surface area contributed by atoms with E-state index >= 15 is 0 Å². The van der Waals surface area contributed by atoms with E-state index in [9.17, 15) is 0 Å². The topological polar surface area (TPSA) is 38.9 Å². The molecule has 2 aromatic carbocycles. The summed E-state index contributed by atoms with van der Waals surface area (Å²) in [6, 6.07) is 15.2. The summed E-state index contributed by atoms with van der Waals surface area (Å²) in [4.78, 5) is 0. The van der Waals surface area contributed by atoms with Crippen molar-refractivity contribution in [1.82, 2.24) is 10.2 Å². The molecule has 0 saturated heterocycles. The van der Waals surface area contributed by atoms with Gasteiger partial charge in [0.25, 0.3) is 0 Å². The van der Waals surface area contributed by atoms with Gasteiger partial charge >= 0.3 is 0 Å². The Morgan fingerprint density at radius 3 is 2.32 bits per heavy atom. The lowest BCUT2D eigenvalue weighted by atomic mass is 10.2. The quantitative estimate of drug-likeness (QED) is 0.605. The van der Waals surface area contributed by atoms with Gasteiger partial charge in [-0.2, -0.15) is 0 Å². The molecule has 0 radical (unpaired) electrons. The summed E-state index contributed by atoms with van der Waals surface area (Å²) < 4.78 is 6.78. The van der Waals surface area contributed by atoms with Gasteiger partial charge in [0.2, 0.25) is 11.8 Å². The molecule has 0 atom stereocenters. The van der Waals surface area contributed by atoms with Gasteiger partial charge in [0, 0.05) is 14.2 Å². The van der Waals surface area contributed by atoms with Crippen LogP contribution in [0.4, 0.5) is 0 Å². The average molecular weight is 383 g/mol. The molecule has 3 aromatic rings. The van der Waals surface area contributed by atoms with E-state index in [1.165, 1.54) is 0 Å². The van der Waals surface area contributed by atoms with E-state index in [1.54, 1.807) is 12.1 Å². The molecule has 0 bridgehead atoms. The van der Waals surface area contributed by atoms with Crippen molar-refractivity contribution >= 4 is 34.2 Å². The van der Waals surface area contributed by atoms with E-state index in [4.69, 9.17) is 16.0 Å². The maximum absolute atomic E-state index is 5.85. The van der Waals surface area contributed by atoms with Crippen LogP contribution < -0.4 is 0 Å². The van der Waals surface area contributed by atoms with Crippen LogP contribution in [0.1, 0.15) is 0 Å². The number of nitrogens with zero attached hydrogens (tertiary/aromatic N) is 2. The highest BCUT2D eigenvalue weighted by atomic mass is 127. The number of benzene rings is 2. The Labute approximate surface area is 128 Å². The molecule has 1 aromatic heterocycles. The van der Waals surface area contributed by atoms with Crippen LogP contribution in [0.2, 0.25) is 5.02 Å². The minimum atomic E-state index is 0.492. The highest BCUT2D eigenvalue weighted by Crippen LogP contribution is 2.27. The van der Waals surface area contributed by atoms with Crippen molar-refractivity contribution in [3.05, 3.63) is 57.1 Å². The normalized spacial score (nSPS) is 10.6. The fourth-order valence-electron chi connectivity index (χ4n) is 1.68. The molecule has 5 heteroatoms. The Kier molecular flexibility index (Phi) is 3.52. The Hall–Kier alpha value is -1.40. The second-order valence-electron chi connectivity index (χ2n) is 3.90. The first-order chi connectivity index (χ1) is 9.24. The summed E-state index contributed by atoms with van der Waals surface area (Å²) in [5.41, 5.74) is 1.80. The van der Waals surface area contributed by atoms with Crippen molar-refractivity contribution in [2.45, 2.75) is 0 Å². The molecule has 0 aliphatic carbocycles. The van der Waals surface area contributed by atoms with Gasteiger partial charge in [0.15, 0.2) is 0 Å². The highest BCUT2D eigenvalue weighted by molar-refractivity contribution is 14.1. The molecule has 19 heavy (non-hydrogen) atoms. The predicted octanol–water partition coefficient (Wildman–Crippen LogP) is 4.66. The van der Waals surface area contributed by atoms with Gasteiger partial charge in [0.05, 0.1) is 5.56 Å². The van der Waals surface area contributed by atoms with Gasteiger partial charge in [-0.25, -0.2) is 0 Å². The molecule has 0 spiro atoms. The summed E-state index contributed by atoms with van der Waals surface area (Å²) in [6.07, 6.45) is 0. The molecule has 0 amide bonds. The molecule has 0 saturated carbocycles.